The maximum atomic E-state index is 10.9. The zero-order chi connectivity index (χ0) is 13.9. The Hall–Kier alpha value is -1.88. The van der Waals surface area contributed by atoms with Crippen LogP contribution < -0.4 is 10.6 Å². The van der Waals surface area contributed by atoms with Gasteiger partial charge in [0.15, 0.2) is 0 Å². The average molecular weight is 264 g/mol. The third kappa shape index (κ3) is 6.01. The summed E-state index contributed by atoms with van der Waals surface area (Å²) in [5.74, 6) is 0.142. The lowest BCUT2D eigenvalue weighted by Crippen LogP contribution is -2.52. The minimum Gasteiger partial charge on any atom is -0.463 e. The van der Waals surface area contributed by atoms with Crippen molar-refractivity contribution in [2.75, 3.05) is 13.1 Å². The van der Waals surface area contributed by atoms with E-state index in [4.69, 9.17) is 0 Å². The number of hydrogen-bond donors (Lipinski definition) is 2. The van der Waals surface area contributed by atoms with Crippen molar-refractivity contribution in [3.8, 4) is 0 Å². The smallest absolute Gasteiger partial charge is 0.293 e. The summed E-state index contributed by atoms with van der Waals surface area (Å²) in [6.45, 7) is 4.50. The van der Waals surface area contributed by atoms with Crippen LogP contribution in [0, 0.1) is 0 Å². The lowest BCUT2D eigenvalue weighted by molar-refractivity contribution is -0.129. The quantitative estimate of drug-likeness (QED) is 0.791. The molecule has 1 atom stereocenters. The monoisotopic (exact) mass is 264 g/mol. The Morgan fingerprint density at radius 2 is 2.05 bits per heavy atom. The van der Waals surface area contributed by atoms with Crippen molar-refractivity contribution >= 4 is 12.4 Å². The number of hydrogen-bond acceptors (Lipinski definition) is 4. The van der Waals surface area contributed by atoms with E-state index in [9.17, 15) is 9.59 Å². The molecule has 1 heterocycles. The molecule has 0 radical (unpaired) electrons. The Kier molecular flexibility index (Phi) is 7.27. The molecule has 1 saturated heterocycles. The molecular weight excluding hydrogens is 244 g/mol. The highest BCUT2D eigenvalue weighted by atomic mass is 16.5. The first kappa shape index (κ1) is 15.2. The highest BCUT2D eigenvalue weighted by Crippen LogP contribution is 1.98. The molecule has 1 fully saturated rings. The normalized spacial score (nSPS) is 17.7. The van der Waals surface area contributed by atoms with Gasteiger partial charge in [0.05, 0.1) is 6.04 Å². The van der Waals surface area contributed by atoms with Gasteiger partial charge in [-0.15, -0.1) is 0 Å². The van der Waals surface area contributed by atoms with Crippen molar-refractivity contribution in [2.24, 2.45) is 0 Å². The van der Waals surface area contributed by atoms with Crippen LogP contribution in [-0.4, -0.2) is 31.5 Å². The molecule has 1 amide bonds. The van der Waals surface area contributed by atoms with Crippen LogP contribution in [0.15, 0.2) is 30.3 Å². The molecule has 1 unspecified atom stereocenters. The van der Waals surface area contributed by atoms with E-state index in [0.717, 1.165) is 25.1 Å². The van der Waals surface area contributed by atoms with Gasteiger partial charge in [-0.05, 0) is 12.0 Å². The summed E-state index contributed by atoms with van der Waals surface area (Å²) >= 11 is 0. The maximum Gasteiger partial charge on any atom is 0.293 e. The zero-order valence-corrected chi connectivity index (χ0v) is 11.1. The Morgan fingerprint density at radius 3 is 2.58 bits per heavy atom. The van der Waals surface area contributed by atoms with Crippen molar-refractivity contribution in [3.05, 3.63) is 35.9 Å². The van der Waals surface area contributed by atoms with Gasteiger partial charge in [0.1, 0.15) is 6.61 Å². The van der Waals surface area contributed by atoms with Crippen LogP contribution in [0.25, 0.3) is 0 Å². The molecule has 1 aromatic rings. The number of piperazine rings is 1. The number of carbonyl (C=O) groups is 2. The summed E-state index contributed by atoms with van der Waals surface area (Å²) in [7, 11) is 0. The maximum absolute atomic E-state index is 10.9. The van der Waals surface area contributed by atoms with Crippen molar-refractivity contribution in [3.63, 3.8) is 0 Å². The molecule has 0 saturated carbocycles. The summed E-state index contributed by atoms with van der Waals surface area (Å²) in [5.41, 5.74) is 1.01. The van der Waals surface area contributed by atoms with E-state index in [2.05, 4.69) is 15.4 Å². The van der Waals surface area contributed by atoms with Gasteiger partial charge in [-0.2, -0.15) is 0 Å². The van der Waals surface area contributed by atoms with Crippen LogP contribution in [0.5, 0.6) is 0 Å². The molecule has 5 heteroatoms. The second-order valence-corrected chi connectivity index (χ2v) is 4.10. The summed E-state index contributed by atoms with van der Waals surface area (Å²) in [5, 5.41) is 5.89. The van der Waals surface area contributed by atoms with E-state index < -0.39 is 0 Å². The Balaban J connectivity index is 0.000000191. The first-order chi connectivity index (χ1) is 9.27. The van der Waals surface area contributed by atoms with Crippen LogP contribution in [0.3, 0.4) is 0 Å². The number of carbonyl (C=O) groups excluding carboxylic acids is 2. The third-order valence-corrected chi connectivity index (χ3v) is 2.70. The minimum atomic E-state index is 0.0544. The molecule has 0 spiro atoms. The second kappa shape index (κ2) is 9.10. The van der Waals surface area contributed by atoms with E-state index in [0.29, 0.717) is 13.1 Å². The standard InChI is InChI=1S/C8H8O2.C6H12N2O/c9-7-10-6-8-4-2-1-3-5-8;1-2-5-6(9)8-4-3-7-5/h1-5,7H,6H2;5,7H,2-4H2,1H3,(H,8,9). The number of benzene rings is 1. The molecule has 19 heavy (non-hydrogen) atoms. The molecule has 2 rings (SSSR count). The van der Waals surface area contributed by atoms with Crippen molar-refractivity contribution < 1.29 is 14.3 Å². The van der Waals surface area contributed by atoms with E-state index in [1.807, 2.05) is 37.3 Å². The number of amides is 1. The number of ether oxygens (including phenoxy) is 1. The Morgan fingerprint density at radius 1 is 1.32 bits per heavy atom. The van der Waals surface area contributed by atoms with Crippen molar-refractivity contribution in [2.45, 2.75) is 26.0 Å². The summed E-state index contributed by atoms with van der Waals surface area (Å²) in [6, 6.07) is 9.60. The summed E-state index contributed by atoms with van der Waals surface area (Å²) in [4.78, 5) is 20.6. The first-order valence-electron chi connectivity index (χ1n) is 6.38. The molecule has 104 valence electrons. The number of rotatable bonds is 4. The van der Waals surface area contributed by atoms with Gasteiger partial charge in [0.2, 0.25) is 5.91 Å². The van der Waals surface area contributed by atoms with Gasteiger partial charge in [0, 0.05) is 13.1 Å². The van der Waals surface area contributed by atoms with Crippen LogP contribution >= 0.6 is 0 Å². The highest BCUT2D eigenvalue weighted by molar-refractivity contribution is 5.82. The van der Waals surface area contributed by atoms with Gasteiger partial charge in [-0.1, -0.05) is 37.3 Å². The minimum absolute atomic E-state index is 0.0544. The second-order valence-electron chi connectivity index (χ2n) is 4.10. The lowest BCUT2D eigenvalue weighted by atomic mass is 10.2. The van der Waals surface area contributed by atoms with Gasteiger partial charge in [-0.3, -0.25) is 9.59 Å². The molecule has 0 aliphatic carbocycles. The molecule has 1 aliphatic rings. The van der Waals surface area contributed by atoms with Gasteiger partial charge in [0.25, 0.3) is 6.47 Å². The Labute approximate surface area is 113 Å². The molecule has 1 aromatic carbocycles. The fraction of sp³-hybridized carbons (Fsp3) is 0.429. The predicted molar refractivity (Wildman–Crippen MR) is 72.4 cm³/mol. The third-order valence-electron chi connectivity index (χ3n) is 2.70. The van der Waals surface area contributed by atoms with Crippen LogP contribution in [0.4, 0.5) is 0 Å². The van der Waals surface area contributed by atoms with E-state index >= 15 is 0 Å². The SMILES string of the molecule is CCC1NCCNC1=O.O=COCc1ccccc1. The predicted octanol–water partition coefficient (Wildman–Crippen LogP) is 0.844. The van der Waals surface area contributed by atoms with E-state index in [1.54, 1.807) is 0 Å². The number of nitrogens with one attached hydrogen (secondary N) is 2. The van der Waals surface area contributed by atoms with Gasteiger partial charge < -0.3 is 15.4 Å². The largest absolute Gasteiger partial charge is 0.463 e. The molecule has 5 nitrogen and oxygen atoms in total. The molecule has 2 N–H and O–H groups in total. The van der Waals surface area contributed by atoms with Crippen LogP contribution in [0.1, 0.15) is 18.9 Å². The zero-order valence-electron chi connectivity index (χ0n) is 11.1. The van der Waals surface area contributed by atoms with E-state index in [1.165, 1.54) is 0 Å². The summed E-state index contributed by atoms with van der Waals surface area (Å²) < 4.78 is 4.54. The van der Waals surface area contributed by atoms with Gasteiger partial charge in [-0.25, -0.2) is 0 Å². The first-order valence-corrected chi connectivity index (χ1v) is 6.38. The molecule has 1 aliphatic heterocycles. The van der Waals surface area contributed by atoms with Crippen LogP contribution in [-0.2, 0) is 20.9 Å². The fourth-order valence-corrected chi connectivity index (χ4v) is 1.68. The van der Waals surface area contributed by atoms with E-state index in [-0.39, 0.29) is 11.9 Å². The average Bonchev–Trinajstić information content (AvgIpc) is 2.47. The highest BCUT2D eigenvalue weighted by Gasteiger charge is 2.17. The Bertz CT molecular complexity index is 382. The van der Waals surface area contributed by atoms with Gasteiger partial charge >= 0.3 is 0 Å². The molecular formula is C14H20N2O3. The van der Waals surface area contributed by atoms with Crippen molar-refractivity contribution in [1.29, 1.82) is 0 Å². The topological polar surface area (TPSA) is 67.4 Å². The van der Waals surface area contributed by atoms with Crippen LogP contribution in [0.2, 0.25) is 0 Å². The molecule has 0 aromatic heterocycles. The lowest BCUT2D eigenvalue weighted by Gasteiger charge is -2.21. The van der Waals surface area contributed by atoms with Crippen molar-refractivity contribution in [1.82, 2.24) is 10.6 Å². The fourth-order valence-electron chi connectivity index (χ4n) is 1.68. The molecule has 0 bridgehead atoms. The summed E-state index contributed by atoms with van der Waals surface area (Å²) in [6.07, 6.45) is 0.881.